The van der Waals surface area contributed by atoms with Crippen molar-refractivity contribution in [3.05, 3.63) is 53.9 Å². The van der Waals surface area contributed by atoms with Crippen LogP contribution in [0.15, 0.2) is 53.0 Å². The van der Waals surface area contributed by atoms with E-state index in [0.29, 0.717) is 11.1 Å². The van der Waals surface area contributed by atoms with E-state index >= 15 is 0 Å². The van der Waals surface area contributed by atoms with Gasteiger partial charge in [0.1, 0.15) is 5.82 Å². The topological polar surface area (TPSA) is 36.7 Å². The highest BCUT2D eigenvalue weighted by atomic mass is 35.5. The summed E-state index contributed by atoms with van der Waals surface area (Å²) < 4.78 is 2.55. The van der Waals surface area contributed by atoms with Gasteiger partial charge in [0.2, 0.25) is 0 Å². The molecule has 0 radical (unpaired) electrons. The minimum Gasteiger partial charge on any atom is -0.323 e. The number of piperidine rings is 2. The van der Waals surface area contributed by atoms with Crippen molar-refractivity contribution in [3.63, 3.8) is 0 Å². The van der Waals surface area contributed by atoms with Crippen LogP contribution in [0.5, 0.6) is 0 Å². The van der Waals surface area contributed by atoms with Gasteiger partial charge in [0.05, 0.1) is 33.9 Å². The summed E-state index contributed by atoms with van der Waals surface area (Å²) in [6, 6.07) is 9.52. The number of fused-ring (bicyclic) bond motifs is 1. The summed E-state index contributed by atoms with van der Waals surface area (Å²) in [4.78, 5) is 14.6. The lowest BCUT2D eigenvalue weighted by molar-refractivity contribution is 0.138. The number of para-hydroxylation sites is 2. The van der Waals surface area contributed by atoms with Gasteiger partial charge in [-0.15, -0.1) is 0 Å². The Morgan fingerprint density at radius 2 is 1.90 bits per heavy atom. The number of nitrogens with zero attached hydrogens (tertiary/aromatic N) is 5. The van der Waals surface area contributed by atoms with Crippen molar-refractivity contribution in [2.45, 2.75) is 50.2 Å². The summed E-state index contributed by atoms with van der Waals surface area (Å²) in [5, 5.41) is 0.679. The van der Waals surface area contributed by atoms with Crippen LogP contribution in [-0.2, 0) is 0 Å². The second kappa shape index (κ2) is 9.68. The fourth-order valence-electron chi connectivity index (χ4n) is 5.31. The van der Waals surface area contributed by atoms with Gasteiger partial charge in [0.15, 0.2) is 0 Å². The average Bonchev–Trinajstić information content (AvgIpc) is 3.15. The number of halogens is 1. The highest BCUT2D eigenvalue weighted by Crippen LogP contribution is 2.38. The van der Waals surface area contributed by atoms with Crippen LogP contribution in [0.4, 0.5) is 0 Å². The first-order valence-electron chi connectivity index (χ1n) is 11.4. The number of hydrogen-bond acceptors (Lipinski definition) is 4. The van der Waals surface area contributed by atoms with E-state index in [0.717, 1.165) is 43.6 Å². The van der Waals surface area contributed by atoms with Gasteiger partial charge in [0.25, 0.3) is 0 Å². The molecule has 2 aromatic rings. The van der Waals surface area contributed by atoms with Crippen LogP contribution >= 0.6 is 11.6 Å². The Morgan fingerprint density at radius 1 is 1.16 bits per heavy atom. The molecule has 2 aliphatic heterocycles. The van der Waals surface area contributed by atoms with E-state index in [2.05, 4.69) is 64.3 Å². The maximum Gasteiger partial charge on any atom is 0.127 e. The molecule has 6 heteroatoms. The maximum absolute atomic E-state index is 6.58. The third-order valence-electron chi connectivity index (χ3n) is 6.98. The lowest BCUT2D eigenvalue weighted by atomic mass is 9.92. The smallest absolute Gasteiger partial charge is 0.127 e. The molecule has 166 valence electrons. The van der Waals surface area contributed by atoms with E-state index < -0.39 is 0 Å². The number of likely N-dealkylation sites (tertiary alicyclic amines) is 2. The molecule has 3 heterocycles. The van der Waals surface area contributed by atoms with Crippen LogP contribution < -0.4 is 0 Å². The molecule has 0 N–H and O–H groups in total. The molecule has 0 saturated carbocycles. The summed E-state index contributed by atoms with van der Waals surface area (Å²) in [6.45, 7) is 6.06. The number of hydrogen-bond donors (Lipinski definition) is 0. The van der Waals surface area contributed by atoms with Gasteiger partial charge in [-0.3, -0.25) is 9.89 Å². The first-order valence-corrected chi connectivity index (χ1v) is 11.8. The van der Waals surface area contributed by atoms with Gasteiger partial charge in [-0.05, 0) is 77.5 Å². The first kappa shape index (κ1) is 22.3. The monoisotopic (exact) mass is 439 g/mol. The van der Waals surface area contributed by atoms with Crippen molar-refractivity contribution < 1.29 is 0 Å². The summed E-state index contributed by atoms with van der Waals surface area (Å²) in [5.41, 5.74) is 3.30. The minimum atomic E-state index is 0.179. The fourth-order valence-corrected chi connectivity index (χ4v) is 5.61. The van der Waals surface area contributed by atoms with Crippen LogP contribution in [0.25, 0.3) is 11.0 Å². The molecule has 5 nitrogen and oxygen atoms in total. The van der Waals surface area contributed by atoms with Gasteiger partial charge in [-0.1, -0.05) is 36.4 Å². The number of imidazole rings is 1. The Kier molecular flexibility index (Phi) is 6.95. The molecular formula is C25H34ClN5. The van der Waals surface area contributed by atoms with E-state index in [-0.39, 0.29) is 12.1 Å². The number of allylic oxidation sites excluding steroid dienone is 2. The van der Waals surface area contributed by atoms with Gasteiger partial charge < -0.3 is 9.47 Å². The summed E-state index contributed by atoms with van der Waals surface area (Å²) in [5.74, 6) is 1.20. The molecule has 2 atom stereocenters. The lowest BCUT2D eigenvalue weighted by Gasteiger charge is -2.41. The standard InChI is InChI=1S/C25H34ClN5/c1-5-9-19(26)24(27-2)22-12-8-13-23(30(22)4)25-28-20-10-6-7-11-21(20)31(25)18-14-16-29(3)17-15-18/h5-7,9-11,18,22-23H,1,8,12-17H2,2-4H3/b19-9+,27-24+/t22-,23+/m0/s1. The Labute approximate surface area is 191 Å². The van der Waals surface area contributed by atoms with Crippen molar-refractivity contribution in [1.82, 2.24) is 19.4 Å². The molecule has 2 aliphatic rings. The van der Waals surface area contributed by atoms with E-state index in [1.165, 1.54) is 24.2 Å². The van der Waals surface area contributed by atoms with E-state index in [1.807, 2.05) is 13.1 Å². The van der Waals surface area contributed by atoms with Crippen molar-refractivity contribution in [2.24, 2.45) is 4.99 Å². The van der Waals surface area contributed by atoms with Gasteiger partial charge in [-0.25, -0.2) is 4.98 Å². The largest absolute Gasteiger partial charge is 0.323 e. The highest BCUT2D eigenvalue weighted by molar-refractivity contribution is 6.44. The molecule has 1 aromatic carbocycles. The van der Waals surface area contributed by atoms with E-state index in [4.69, 9.17) is 16.6 Å². The fraction of sp³-hybridized carbons (Fsp3) is 0.520. The van der Waals surface area contributed by atoms with Gasteiger partial charge in [-0.2, -0.15) is 0 Å². The second-order valence-electron chi connectivity index (χ2n) is 8.85. The second-order valence-corrected chi connectivity index (χ2v) is 9.26. The zero-order chi connectivity index (χ0) is 22.0. The summed E-state index contributed by atoms with van der Waals surface area (Å²) in [6.07, 6.45) is 9.19. The summed E-state index contributed by atoms with van der Waals surface area (Å²) in [7, 11) is 6.25. The van der Waals surface area contributed by atoms with Crippen molar-refractivity contribution >= 4 is 28.3 Å². The molecule has 0 spiro atoms. The average molecular weight is 440 g/mol. The van der Waals surface area contributed by atoms with E-state index in [1.54, 1.807) is 6.08 Å². The Bertz CT molecular complexity index is 983. The molecule has 2 saturated heterocycles. The molecule has 0 unspecified atom stereocenters. The third-order valence-corrected chi connectivity index (χ3v) is 7.30. The molecule has 1 aromatic heterocycles. The zero-order valence-corrected chi connectivity index (χ0v) is 19.7. The van der Waals surface area contributed by atoms with Gasteiger partial charge in [0, 0.05) is 13.1 Å². The van der Waals surface area contributed by atoms with Crippen molar-refractivity contribution in [1.29, 1.82) is 0 Å². The number of rotatable bonds is 5. The lowest BCUT2D eigenvalue weighted by Crippen LogP contribution is -2.45. The molecule has 2 fully saturated rings. The normalized spacial score (nSPS) is 25.3. The quantitative estimate of drug-likeness (QED) is 0.474. The third kappa shape index (κ3) is 4.36. The molecule has 0 bridgehead atoms. The van der Waals surface area contributed by atoms with Crippen LogP contribution in [-0.4, -0.2) is 65.3 Å². The van der Waals surface area contributed by atoms with Crippen molar-refractivity contribution in [3.8, 4) is 0 Å². The number of aromatic nitrogens is 2. The Hall–Kier alpha value is -1.95. The minimum absolute atomic E-state index is 0.179. The maximum atomic E-state index is 6.58. The summed E-state index contributed by atoms with van der Waals surface area (Å²) >= 11 is 6.58. The molecular weight excluding hydrogens is 406 g/mol. The number of benzene rings is 1. The molecule has 31 heavy (non-hydrogen) atoms. The van der Waals surface area contributed by atoms with Crippen LogP contribution in [0.2, 0.25) is 0 Å². The SMILES string of the molecule is C=C/C=C(Cl)\C(=N/C)[C@@H]1CCC[C@H](c2nc3ccccc3n2C2CCN(C)CC2)N1C. The van der Waals surface area contributed by atoms with Crippen LogP contribution in [0, 0.1) is 0 Å². The molecule has 4 rings (SSSR count). The first-order chi connectivity index (χ1) is 15.0. The highest BCUT2D eigenvalue weighted by Gasteiger charge is 2.36. The van der Waals surface area contributed by atoms with Gasteiger partial charge >= 0.3 is 0 Å². The van der Waals surface area contributed by atoms with Crippen LogP contribution in [0.3, 0.4) is 0 Å². The predicted octanol–water partition coefficient (Wildman–Crippen LogP) is 5.21. The Morgan fingerprint density at radius 3 is 2.61 bits per heavy atom. The molecule has 0 amide bonds. The number of aliphatic imine (C=N–C) groups is 1. The molecule has 0 aliphatic carbocycles. The Balaban J connectivity index is 1.73. The van der Waals surface area contributed by atoms with E-state index in [9.17, 15) is 0 Å². The zero-order valence-electron chi connectivity index (χ0n) is 19.0. The van der Waals surface area contributed by atoms with Crippen molar-refractivity contribution in [2.75, 3.05) is 34.2 Å². The van der Waals surface area contributed by atoms with Crippen LogP contribution in [0.1, 0.15) is 50.0 Å². The predicted molar refractivity (Wildman–Crippen MR) is 131 cm³/mol.